The zero-order valence-electron chi connectivity index (χ0n) is 13.8. The molecule has 0 radical (unpaired) electrons. The summed E-state index contributed by atoms with van der Waals surface area (Å²) in [6.45, 7) is 0.893. The van der Waals surface area contributed by atoms with Gasteiger partial charge in [0.1, 0.15) is 4.21 Å². The van der Waals surface area contributed by atoms with Crippen molar-refractivity contribution in [2.24, 2.45) is 0 Å². The van der Waals surface area contributed by atoms with E-state index in [9.17, 15) is 8.42 Å². The van der Waals surface area contributed by atoms with E-state index >= 15 is 0 Å². The van der Waals surface area contributed by atoms with Crippen LogP contribution in [-0.4, -0.2) is 15.0 Å². The van der Waals surface area contributed by atoms with Crippen molar-refractivity contribution in [2.75, 3.05) is 16.6 Å². The van der Waals surface area contributed by atoms with E-state index < -0.39 is 10.0 Å². The van der Waals surface area contributed by atoms with Gasteiger partial charge in [0.2, 0.25) is 0 Å². The van der Waals surface area contributed by atoms with Crippen molar-refractivity contribution < 1.29 is 8.42 Å². The van der Waals surface area contributed by atoms with Crippen LogP contribution >= 0.6 is 22.9 Å². The largest absolute Gasteiger partial charge is 0.385 e. The Hall–Kier alpha value is -1.50. The summed E-state index contributed by atoms with van der Waals surface area (Å²) in [4.78, 5) is 0. The number of allylic oxidation sites excluding steroid dienone is 1. The molecule has 0 atom stereocenters. The fraction of sp³-hybridized carbons (Fsp3) is 0.333. The number of rotatable bonds is 7. The second kappa shape index (κ2) is 8.25. The van der Waals surface area contributed by atoms with Gasteiger partial charge in [0.15, 0.2) is 0 Å². The van der Waals surface area contributed by atoms with Crippen LogP contribution in [0.3, 0.4) is 0 Å². The fourth-order valence-electron chi connectivity index (χ4n) is 2.80. The minimum absolute atomic E-state index is 0.209. The second-order valence-corrected chi connectivity index (χ2v) is 9.65. The predicted molar refractivity (Wildman–Crippen MR) is 106 cm³/mol. The summed E-state index contributed by atoms with van der Waals surface area (Å²) in [5.41, 5.74) is 3.06. The van der Waals surface area contributed by atoms with E-state index in [4.69, 9.17) is 11.6 Å². The highest BCUT2D eigenvalue weighted by Crippen LogP contribution is 2.27. The van der Waals surface area contributed by atoms with Gasteiger partial charge in [-0.15, -0.1) is 11.3 Å². The third-order valence-electron chi connectivity index (χ3n) is 4.11. The van der Waals surface area contributed by atoms with Crippen LogP contribution in [-0.2, 0) is 10.0 Å². The maximum Gasteiger partial charge on any atom is 0.271 e. The Balaban J connectivity index is 1.54. The summed E-state index contributed by atoms with van der Waals surface area (Å²) >= 11 is 6.85. The summed E-state index contributed by atoms with van der Waals surface area (Å²) in [6.07, 6.45) is 8.46. The van der Waals surface area contributed by atoms with Gasteiger partial charge >= 0.3 is 0 Å². The molecule has 0 amide bonds. The molecule has 25 heavy (non-hydrogen) atoms. The van der Waals surface area contributed by atoms with Crippen LogP contribution in [0.15, 0.2) is 52.3 Å². The topological polar surface area (TPSA) is 58.2 Å². The summed E-state index contributed by atoms with van der Waals surface area (Å²) in [5.74, 6) is 0. The molecule has 7 heteroatoms. The van der Waals surface area contributed by atoms with Gasteiger partial charge in [0.05, 0.1) is 4.34 Å². The molecule has 1 aromatic heterocycles. The van der Waals surface area contributed by atoms with Crippen LogP contribution in [0.2, 0.25) is 4.34 Å². The number of hydrogen-bond acceptors (Lipinski definition) is 4. The molecule has 1 aliphatic carbocycles. The maximum absolute atomic E-state index is 12.3. The minimum Gasteiger partial charge on any atom is -0.385 e. The summed E-state index contributed by atoms with van der Waals surface area (Å²) in [7, 11) is -3.58. The quantitative estimate of drug-likeness (QED) is 0.607. The van der Waals surface area contributed by atoms with Crippen LogP contribution in [0.1, 0.15) is 32.1 Å². The van der Waals surface area contributed by atoms with E-state index in [2.05, 4.69) is 16.1 Å². The summed E-state index contributed by atoms with van der Waals surface area (Å²) in [6, 6.07) is 10.4. The maximum atomic E-state index is 12.3. The Morgan fingerprint density at radius 3 is 2.44 bits per heavy atom. The molecule has 2 aromatic rings. The predicted octanol–water partition coefficient (Wildman–Crippen LogP) is 5.50. The Morgan fingerprint density at radius 1 is 1.04 bits per heavy atom. The van der Waals surface area contributed by atoms with Crippen LogP contribution in [0.5, 0.6) is 0 Å². The molecule has 0 bridgehead atoms. The first-order valence-corrected chi connectivity index (χ1v) is 11.0. The highest BCUT2D eigenvalue weighted by atomic mass is 35.5. The van der Waals surface area contributed by atoms with Gasteiger partial charge in [-0.25, -0.2) is 8.42 Å². The van der Waals surface area contributed by atoms with Gasteiger partial charge in [-0.3, -0.25) is 4.72 Å². The number of benzene rings is 1. The molecule has 0 unspecified atom stereocenters. The molecule has 0 saturated heterocycles. The van der Waals surface area contributed by atoms with E-state index in [0.29, 0.717) is 10.0 Å². The van der Waals surface area contributed by atoms with Crippen molar-refractivity contribution in [3.8, 4) is 0 Å². The number of hydrogen-bond donors (Lipinski definition) is 2. The first kappa shape index (κ1) is 18.3. The van der Waals surface area contributed by atoms with E-state index in [0.717, 1.165) is 30.0 Å². The van der Waals surface area contributed by atoms with Crippen LogP contribution in [0.4, 0.5) is 11.4 Å². The molecule has 134 valence electrons. The van der Waals surface area contributed by atoms with Gasteiger partial charge in [-0.1, -0.05) is 23.3 Å². The highest BCUT2D eigenvalue weighted by molar-refractivity contribution is 7.94. The van der Waals surface area contributed by atoms with Gasteiger partial charge in [-0.2, -0.15) is 0 Å². The first-order chi connectivity index (χ1) is 12.0. The van der Waals surface area contributed by atoms with E-state index in [1.54, 1.807) is 18.2 Å². The van der Waals surface area contributed by atoms with Gasteiger partial charge < -0.3 is 5.32 Å². The Labute approximate surface area is 158 Å². The molecule has 0 saturated carbocycles. The van der Waals surface area contributed by atoms with Crippen molar-refractivity contribution in [2.45, 2.75) is 36.3 Å². The van der Waals surface area contributed by atoms with Crippen molar-refractivity contribution in [1.82, 2.24) is 0 Å². The monoisotopic (exact) mass is 396 g/mol. The normalized spacial score (nSPS) is 14.8. The van der Waals surface area contributed by atoms with Crippen LogP contribution < -0.4 is 10.0 Å². The number of thiophene rings is 1. The second-order valence-electron chi connectivity index (χ2n) is 6.03. The van der Waals surface area contributed by atoms with E-state index in [1.807, 2.05) is 12.1 Å². The molecule has 0 spiro atoms. The molecule has 4 nitrogen and oxygen atoms in total. The number of halogens is 1. The zero-order valence-corrected chi connectivity index (χ0v) is 16.2. The first-order valence-electron chi connectivity index (χ1n) is 8.33. The standard InChI is InChI=1S/C18H21ClN2O2S2/c19-17-10-11-18(24-17)25(22,23)21-16-8-6-15(7-9-16)20-13-12-14-4-2-1-3-5-14/h4,6-11,20-21H,1-3,5,12-13H2. The lowest BCUT2D eigenvalue weighted by molar-refractivity contribution is 0.603. The minimum atomic E-state index is -3.58. The molecule has 2 N–H and O–H groups in total. The molecular formula is C18H21ClN2O2S2. The molecule has 1 heterocycles. The molecule has 1 aliphatic rings. The lowest BCUT2D eigenvalue weighted by Gasteiger charge is -2.13. The molecule has 1 aromatic carbocycles. The third-order valence-corrected chi connectivity index (χ3v) is 7.22. The lowest BCUT2D eigenvalue weighted by Crippen LogP contribution is -2.11. The molecule has 3 rings (SSSR count). The van der Waals surface area contributed by atoms with E-state index in [1.165, 1.54) is 37.3 Å². The Bertz CT molecular complexity index is 842. The number of anilines is 2. The average Bonchev–Trinajstić information content (AvgIpc) is 3.05. The molecule has 0 fully saturated rings. The number of sulfonamides is 1. The van der Waals surface area contributed by atoms with Crippen molar-refractivity contribution in [3.63, 3.8) is 0 Å². The average molecular weight is 397 g/mol. The Morgan fingerprint density at radius 2 is 1.80 bits per heavy atom. The lowest BCUT2D eigenvalue weighted by atomic mass is 9.97. The third kappa shape index (κ3) is 5.23. The fourth-order valence-corrected chi connectivity index (χ4v) is 5.34. The van der Waals surface area contributed by atoms with Gasteiger partial charge in [0.25, 0.3) is 10.0 Å². The van der Waals surface area contributed by atoms with Crippen molar-refractivity contribution in [3.05, 3.63) is 52.4 Å². The van der Waals surface area contributed by atoms with Crippen LogP contribution in [0.25, 0.3) is 0 Å². The van der Waals surface area contributed by atoms with Gasteiger partial charge in [0, 0.05) is 17.9 Å². The van der Waals surface area contributed by atoms with Crippen LogP contribution in [0, 0.1) is 0 Å². The highest BCUT2D eigenvalue weighted by Gasteiger charge is 2.16. The zero-order chi connectivity index (χ0) is 17.7. The molecular weight excluding hydrogens is 376 g/mol. The summed E-state index contributed by atoms with van der Waals surface area (Å²) < 4.78 is 27.8. The SMILES string of the molecule is O=S(=O)(Nc1ccc(NCCC2=CCCCC2)cc1)c1ccc(Cl)s1. The summed E-state index contributed by atoms with van der Waals surface area (Å²) in [5, 5.41) is 3.38. The van der Waals surface area contributed by atoms with Crippen molar-refractivity contribution in [1.29, 1.82) is 0 Å². The van der Waals surface area contributed by atoms with E-state index in [-0.39, 0.29) is 4.21 Å². The van der Waals surface area contributed by atoms with Gasteiger partial charge in [-0.05, 0) is 68.5 Å². The number of nitrogens with one attached hydrogen (secondary N) is 2. The van der Waals surface area contributed by atoms with Crippen molar-refractivity contribution >= 4 is 44.3 Å². The smallest absolute Gasteiger partial charge is 0.271 e. The molecule has 0 aliphatic heterocycles. The Kier molecular flexibility index (Phi) is 6.04.